The summed E-state index contributed by atoms with van der Waals surface area (Å²) in [5.41, 5.74) is 1.23. The summed E-state index contributed by atoms with van der Waals surface area (Å²) >= 11 is 9.85. The van der Waals surface area contributed by atoms with Crippen molar-refractivity contribution in [2.24, 2.45) is 5.92 Å². The fourth-order valence-corrected chi connectivity index (χ4v) is 3.32. The Hall–Kier alpha value is -0.0500. The maximum absolute atomic E-state index is 6.36. The van der Waals surface area contributed by atoms with Crippen LogP contribution in [0.25, 0.3) is 0 Å². The summed E-state index contributed by atoms with van der Waals surface area (Å²) in [6, 6.07) is 6.58. The predicted molar refractivity (Wildman–Crippen MR) is 72.9 cm³/mol. The Balaban J connectivity index is 2.28. The van der Waals surface area contributed by atoms with Crippen LogP contribution in [0.5, 0.6) is 0 Å². The lowest BCUT2D eigenvalue weighted by molar-refractivity contribution is 0.390. The summed E-state index contributed by atoms with van der Waals surface area (Å²) < 4.78 is 0.991. The fraction of sp³-hybridized carbons (Fsp3) is 0.538. The molecule has 1 N–H and O–H groups in total. The maximum atomic E-state index is 6.36. The molecule has 0 aromatic heterocycles. The van der Waals surface area contributed by atoms with Gasteiger partial charge in [0.05, 0.1) is 5.02 Å². The van der Waals surface area contributed by atoms with E-state index in [4.69, 9.17) is 11.6 Å². The van der Waals surface area contributed by atoms with Crippen LogP contribution in [0.4, 0.5) is 0 Å². The number of rotatable bonds is 3. The molecule has 1 aromatic carbocycles. The van der Waals surface area contributed by atoms with E-state index in [1.165, 1.54) is 31.2 Å². The molecule has 1 fully saturated rings. The van der Waals surface area contributed by atoms with Gasteiger partial charge in [-0.3, -0.25) is 0 Å². The average Bonchev–Trinajstić information content (AvgIpc) is 2.79. The van der Waals surface area contributed by atoms with Crippen LogP contribution < -0.4 is 5.32 Å². The Labute approximate surface area is 111 Å². The van der Waals surface area contributed by atoms with Gasteiger partial charge >= 0.3 is 0 Å². The zero-order valence-corrected chi connectivity index (χ0v) is 11.8. The molecule has 1 saturated carbocycles. The normalized spacial score (nSPS) is 18.9. The molecule has 0 heterocycles. The minimum Gasteiger partial charge on any atom is -0.313 e. The zero-order chi connectivity index (χ0) is 11.5. The maximum Gasteiger partial charge on any atom is 0.0595 e. The van der Waals surface area contributed by atoms with Crippen LogP contribution in [-0.2, 0) is 0 Å². The number of benzene rings is 1. The first-order valence-corrected chi connectivity index (χ1v) is 7.02. The second-order valence-electron chi connectivity index (χ2n) is 4.45. The molecule has 1 atom stereocenters. The molecule has 0 amide bonds. The first kappa shape index (κ1) is 12.4. The lowest BCUT2D eigenvalue weighted by Gasteiger charge is -2.24. The van der Waals surface area contributed by atoms with E-state index >= 15 is 0 Å². The summed E-state index contributed by atoms with van der Waals surface area (Å²) in [5.74, 6) is 0.733. The highest BCUT2D eigenvalue weighted by molar-refractivity contribution is 9.10. The van der Waals surface area contributed by atoms with Gasteiger partial charge in [-0.15, -0.1) is 0 Å². The van der Waals surface area contributed by atoms with E-state index in [0.29, 0.717) is 6.04 Å². The second kappa shape index (κ2) is 5.52. The molecule has 3 heteroatoms. The molecule has 0 bridgehead atoms. The molecule has 0 spiro atoms. The lowest BCUT2D eigenvalue weighted by atomic mass is 9.92. The second-order valence-corrected chi connectivity index (χ2v) is 5.69. The molecule has 1 unspecified atom stereocenters. The van der Waals surface area contributed by atoms with Crippen LogP contribution >= 0.6 is 27.5 Å². The van der Waals surface area contributed by atoms with E-state index in [1.807, 2.05) is 13.1 Å². The molecule has 1 aliphatic rings. The van der Waals surface area contributed by atoms with Gasteiger partial charge in [0.1, 0.15) is 0 Å². The average molecular weight is 303 g/mol. The van der Waals surface area contributed by atoms with Crippen LogP contribution in [0, 0.1) is 5.92 Å². The Morgan fingerprint density at radius 1 is 1.38 bits per heavy atom. The highest BCUT2D eigenvalue weighted by atomic mass is 79.9. The minimum absolute atomic E-state index is 0.396. The number of hydrogen-bond acceptors (Lipinski definition) is 1. The van der Waals surface area contributed by atoms with Crippen molar-refractivity contribution in [1.29, 1.82) is 0 Å². The monoisotopic (exact) mass is 301 g/mol. The van der Waals surface area contributed by atoms with E-state index in [9.17, 15) is 0 Å². The molecule has 1 aromatic rings. The van der Waals surface area contributed by atoms with Crippen molar-refractivity contribution in [1.82, 2.24) is 5.32 Å². The quantitative estimate of drug-likeness (QED) is 0.863. The summed E-state index contributed by atoms with van der Waals surface area (Å²) in [7, 11) is 2.03. The van der Waals surface area contributed by atoms with Gasteiger partial charge in [-0.2, -0.15) is 0 Å². The Morgan fingerprint density at radius 2 is 2.06 bits per heavy atom. The molecule has 16 heavy (non-hydrogen) atoms. The van der Waals surface area contributed by atoms with Gasteiger partial charge in [0, 0.05) is 10.5 Å². The van der Waals surface area contributed by atoms with Crippen molar-refractivity contribution in [3.05, 3.63) is 33.3 Å². The molecule has 0 aliphatic heterocycles. The zero-order valence-electron chi connectivity index (χ0n) is 9.47. The SMILES string of the molecule is CNC(c1cccc(Br)c1Cl)C1CCCC1. The highest BCUT2D eigenvalue weighted by Crippen LogP contribution is 2.39. The topological polar surface area (TPSA) is 12.0 Å². The van der Waals surface area contributed by atoms with Gasteiger partial charge in [-0.1, -0.05) is 36.6 Å². The predicted octanol–water partition coefficient (Wildman–Crippen LogP) is 4.55. The smallest absolute Gasteiger partial charge is 0.0595 e. The number of nitrogens with one attached hydrogen (secondary N) is 1. The molecular weight excluding hydrogens is 286 g/mol. The van der Waals surface area contributed by atoms with Crippen LogP contribution in [0.15, 0.2) is 22.7 Å². The summed E-state index contributed by atoms with van der Waals surface area (Å²) in [4.78, 5) is 0. The van der Waals surface area contributed by atoms with Crippen LogP contribution in [0.3, 0.4) is 0 Å². The fourth-order valence-electron chi connectivity index (χ4n) is 2.70. The van der Waals surface area contributed by atoms with E-state index in [0.717, 1.165) is 15.4 Å². The van der Waals surface area contributed by atoms with E-state index in [-0.39, 0.29) is 0 Å². The van der Waals surface area contributed by atoms with Crippen molar-refractivity contribution >= 4 is 27.5 Å². The van der Waals surface area contributed by atoms with Gasteiger partial charge in [0.15, 0.2) is 0 Å². The van der Waals surface area contributed by atoms with Gasteiger partial charge in [0.2, 0.25) is 0 Å². The Bertz CT molecular complexity index is 361. The van der Waals surface area contributed by atoms with Crippen molar-refractivity contribution in [3.63, 3.8) is 0 Å². The highest BCUT2D eigenvalue weighted by Gasteiger charge is 2.26. The first-order chi connectivity index (χ1) is 7.74. The van der Waals surface area contributed by atoms with Crippen molar-refractivity contribution in [2.75, 3.05) is 7.05 Å². The number of hydrogen-bond donors (Lipinski definition) is 1. The number of halogens is 2. The van der Waals surface area contributed by atoms with Gasteiger partial charge in [-0.25, -0.2) is 0 Å². The van der Waals surface area contributed by atoms with Crippen molar-refractivity contribution in [2.45, 2.75) is 31.7 Å². The van der Waals surface area contributed by atoms with E-state index in [2.05, 4.69) is 33.4 Å². The van der Waals surface area contributed by atoms with Gasteiger partial charge in [0.25, 0.3) is 0 Å². The summed E-state index contributed by atoms with van der Waals surface area (Å²) in [6.07, 6.45) is 5.34. The summed E-state index contributed by atoms with van der Waals surface area (Å²) in [6.45, 7) is 0. The minimum atomic E-state index is 0.396. The molecule has 1 aliphatic carbocycles. The Morgan fingerprint density at radius 3 is 2.69 bits per heavy atom. The molecule has 88 valence electrons. The van der Waals surface area contributed by atoms with Crippen LogP contribution in [0.1, 0.15) is 37.3 Å². The standard InChI is InChI=1S/C13H17BrClN/c1-16-13(9-5-2-3-6-9)10-7-4-8-11(14)12(10)15/h4,7-9,13,16H,2-3,5-6H2,1H3. The lowest BCUT2D eigenvalue weighted by Crippen LogP contribution is -2.23. The third-order valence-corrected chi connectivity index (χ3v) is 4.81. The van der Waals surface area contributed by atoms with Crippen LogP contribution in [0.2, 0.25) is 5.02 Å². The molecule has 2 rings (SSSR count). The summed E-state index contributed by atoms with van der Waals surface area (Å²) in [5, 5.41) is 4.28. The van der Waals surface area contributed by atoms with Crippen molar-refractivity contribution in [3.8, 4) is 0 Å². The largest absolute Gasteiger partial charge is 0.313 e. The van der Waals surface area contributed by atoms with Crippen molar-refractivity contribution < 1.29 is 0 Å². The van der Waals surface area contributed by atoms with Gasteiger partial charge in [-0.05, 0) is 53.4 Å². The van der Waals surface area contributed by atoms with Crippen LogP contribution in [-0.4, -0.2) is 7.05 Å². The molecule has 0 saturated heterocycles. The third kappa shape index (κ3) is 2.44. The Kier molecular flexibility index (Phi) is 4.28. The molecule has 0 radical (unpaired) electrons. The molecular formula is C13H17BrClN. The van der Waals surface area contributed by atoms with Gasteiger partial charge < -0.3 is 5.32 Å². The van der Waals surface area contributed by atoms with E-state index < -0.39 is 0 Å². The molecule has 1 nitrogen and oxygen atoms in total. The van der Waals surface area contributed by atoms with E-state index in [1.54, 1.807) is 0 Å². The third-order valence-electron chi connectivity index (χ3n) is 3.50. The first-order valence-electron chi connectivity index (χ1n) is 5.85.